The van der Waals surface area contributed by atoms with Crippen LogP contribution in [0.2, 0.25) is 0 Å². The Labute approximate surface area is 197 Å². The number of carboxylic acid groups (broad SMARTS) is 1. The molecule has 1 fully saturated rings. The number of ether oxygens (including phenoxy) is 1. The van der Waals surface area contributed by atoms with Gasteiger partial charge in [0, 0.05) is 25.2 Å². The Morgan fingerprint density at radius 3 is 2.46 bits per heavy atom. The van der Waals surface area contributed by atoms with Gasteiger partial charge in [-0.25, -0.2) is 18.6 Å². The molecule has 1 saturated heterocycles. The Kier molecular flexibility index (Phi) is 6.91. The molecule has 0 radical (unpaired) electrons. The molecule has 0 aliphatic carbocycles. The minimum absolute atomic E-state index is 0.213. The molecule has 2 aromatic carbocycles. The first-order valence-corrected chi connectivity index (χ1v) is 10.8. The lowest BCUT2D eigenvalue weighted by atomic mass is 10.0. The molecule has 2 aliphatic rings. The molecule has 1 aromatic heterocycles. The average Bonchev–Trinajstić information content (AvgIpc) is 3.39. The van der Waals surface area contributed by atoms with Crippen molar-refractivity contribution in [3.05, 3.63) is 77.8 Å². The van der Waals surface area contributed by atoms with Crippen molar-refractivity contribution < 1.29 is 36.6 Å². The zero-order chi connectivity index (χ0) is 25.2. The van der Waals surface area contributed by atoms with Crippen LogP contribution in [0.4, 0.5) is 22.0 Å². The molecule has 3 aromatic rings. The van der Waals surface area contributed by atoms with E-state index >= 15 is 0 Å². The number of alkyl halides is 3. The van der Waals surface area contributed by atoms with Crippen LogP contribution in [-0.4, -0.2) is 50.4 Å². The first-order valence-electron chi connectivity index (χ1n) is 10.8. The van der Waals surface area contributed by atoms with Gasteiger partial charge in [0.2, 0.25) is 0 Å². The Bertz CT molecular complexity index is 1200. The Morgan fingerprint density at radius 1 is 1.09 bits per heavy atom. The van der Waals surface area contributed by atoms with Crippen molar-refractivity contribution in [1.82, 2.24) is 14.5 Å². The number of carbonyl (C=O) groups is 1. The summed E-state index contributed by atoms with van der Waals surface area (Å²) in [6.45, 7) is 3.67. The van der Waals surface area contributed by atoms with Crippen molar-refractivity contribution in [2.75, 3.05) is 13.1 Å². The summed E-state index contributed by atoms with van der Waals surface area (Å²) in [5.74, 6) is -2.34. The van der Waals surface area contributed by atoms with Crippen molar-refractivity contribution in [3.8, 4) is 11.3 Å². The van der Waals surface area contributed by atoms with E-state index < -0.39 is 12.1 Å². The number of aromatic nitrogens is 2. The molecule has 5 rings (SSSR count). The predicted octanol–water partition coefficient (Wildman–Crippen LogP) is 4.64. The van der Waals surface area contributed by atoms with Gasteiger partial charge in [0.05, 0.1) is 18.4 Å². The number of fused-ring (bicyclic) bond motifs is 1. The van der Waals surface area contributed by atoms with E-state index in [1.165, 1.54) is 18.2 Å². The number of hydrogen-bond donors (Lipinski definition) is 1. The number of nitrogens with zero attached hydrogens (tertiary/aromatic N) is 3. The predicted molar refractivity (Wildman–Crippen MR) is 115 cm³/mol. The van der Waals surface area contributed by atoms with Crippen molar-refractivity contribution in [3.63, 3.8) is 0 Å². The molecule has 35 heavy (non-hydrogen) atoms. The lowest BCUT2D eigenvalue weighted by Gasteiger charge is -2.35. The number of imidazole rings is 1. The van der Waals surface area contributed by atoms with Crippen LogP contribution in [-0.2, 0) is 29.2 Å². The molecule has 1 unspecified atom stereocenters. The molecular formula is C24H22F5N3O3. The number of carboxylic acids is 1. The Hall–Kier alpha value is -3.31. The first kappa shape index (κ1) is 24.8. The molecule has 0 amide bonds. The number of rotatable bonds is 3. The number of halogens is 5. The molecule has 2 aliphatic heterocycles. The topological polar surface area (TPSA) is 67.6 Å². The third-order valence-electron chi connectivity index (χ3n) is 5.97. The van der Waals surface area contributed by atoms with Crippen molar-refractivity contribution in [2.45, 2.75) is 37.9 Å². The SMILES string of the molecule is Fc1ccc(CN2CCC3(C2)Cn2c(-c4cccc(F)c4)cnc2CO3)cc1.O=C(O)C(F)(F)F. The van der Waals surface area contributed by atoms with Gasteiger partial charge in [0.25, 0.3) is 0 Å². The van der Waals surface area contributed by atoms with Crippen molar-refractivity contribution >= 4 is 5.97 Å². The summed E-state index contributed by atoms with van der Waals surface area (Å²) in [6, 6.07) is 13.3. The summed E-state index contributed by atoms with van der Waals surface area (Å²) in [4.78, 5) is 15.7. The zero-order valence-corrected chi connectivity index (χ0v) is 18.4. The molecule has 0 bridgehead atoms. The molecule has 6 nitrogen and oxygen atoms in total. The van der Waals surface area contributed by atoms with Crippen LogP contribution in [0.3, 0.4) is 0 Å². The van der Waals surface area contributed by atoms with Gasteiger partial charge in [-0.05, 0) is 36.2 Å². The van der Waals surface area contributed by atoms with E-state index in [2.05, 4.69) is 14.5 Å². The van der Waals surface area contributed by atoms with Crippen molar-refractivity contribution in [2.24, 2.45) is 0 Å². The average molecular weight is 495 g/mol. The first-order chi connectivity index (χ1) is 16.5. The summed E-state index contributed by atoms with van der Waals surface area (Å²) >= 11 is 0. The van der Waals surface area contributed by atoms with Crippen LogP contribution in [0, 0.1) is 11.6 Å². The zero-order valence-electron chi connectivity index (χ0n) is 18.4. The standard InChI is InChI=1S/C22H21F2N3O.C2HF3O2/c23-18-6-4-16(5-7-18)12-26-9-8-22(14-26)15-27-20(11-25-21(27)13-28-22)17-2-1-3-19(24)10-17;3-2(4,5)1(6)7/h1-7,10-11H,8-9,12-15H2;(H,6,7). The van der Waals surface area contributed by atoms with E-state index in [0.717, 1.165) is 48.7 Å². The summed E-state index contributed by atoms with van der Waals surface area (Å²) in [6.07, 6.45) is -2.36. The minimum Gasteiger partial charge on any atom is -0.475 e. The van der Waals surface area contributed by atoms with Gasteiger partial charge in [0.1, 0.15) is 29.7 Å². The highest BCUT2D eigenvalue weighted by Gasteiger charge is 2.43. The van der Waals surface area contributed by atoms with Gasteiger partial charge in [-0.1, -0.05) is 24.3 Å². The largest absolute Gasteiger partial charge is 0.490 e. The maximum atomic E-state index is 13.7. The summed E-state index contributed by atoms with van der Waals surface area (Å²) in [7, 11) is 0. The monoisotopic (exact) mass is 495 g/mol. The number of benzene rings is 2. The van der Waals surface area contributed by atoms with E-state index in [1.54, 1.807) is 18.3 Å². The summed E-state index contributed by atoms with van der Waals surface area (Å²) in [5, 5.41) is 7.12. The van der Waals surface area contributed by atoms with Gasteiger partial charge >= 0.3 is 12.1 Å². The number of hydrogen-bond acceptors (Lipinski definition) is 4. The number of likely N-dealkylation sites (tertiary alicyclic amines) is 1. The third-order valence-corrected chi connectivity index (χ3v) is 5.97. The molecular weight excluding hydrogens is 473 g/mol. The Balaban J connectivity index is 0.000000364. The minimum atomic E-state index is -5.08. The van der Waals surface area contributed by atoms with E-state index in [1.807, 2.05) is 18.2 Å². The molecule has 1 N–H and O–H groups in total. The summed E-state index contributed by atoms with van der Waals surface area (Å²) < 4.78 is 67.0. The lowest BCUT2D eigenvalue weighted by Crippen LogP contribution is -2.44. The van der Waals surface area contributed by atoms with Gasteiger partial charge in [-0.2, -0.15) is 13.2 Å². The molecule has 0 saturated carbocycles. The maximum Gasteiger partial charge on any atom is 0.490 e. The smallest absolute Gasteiger partial charge is 0.475 e. The second-order valence-electron chi connectivity index (χ2n) is 8.52. The van der Waals surface area contributed by atoms with Crippen LogP contribution in [0.15, 0.2) is 54.7 Å². The van der Waals surface area contributed by atoms with Crippen LogP contribution in [0.5, 0.6) is 0 Å². The van der Waals surface area contributed by atoms with E-state index in [-0.39, 0.29) is 17.2 Å². The van der Waals surface area contributed by atoms with Gasteiger partial charge in [-0.15, -0.1) is 0 Å². The highest BCUT2D eigenvalue weighted by Crippen LogP contribution is 2.35. The van der Waals surface area contributed by atoms with Crippen LogP contribution < -0.4 is 0 Å². The molecule has 1 atom stereocenters. The fraction of sp³-hybridized carbons (Fsp3) is 0.333. The fourth-order valence-electron chi connectivity index (χ4n) is 4.29. The van der Waals surface area contributed by atoms with Crippen molar-refractivity contribution in [1.29, 1.82) is 0 Å². The highest BCUT2D eigenvalue weighted by atomic mass is 19.4. The third kappa shape index (κ3) is 5.85. The van der Waals surface area contributed by atoms with E-state index in [0.29, 0.717) is 13.2 Å². The van der Waals surface area contributed by atoms with Gasteiger partial charge in [-0.3, -0.25) is 4.90 Å². The summed E-state index contributed by atoms with van der Waals surface area (Å²) in [5.41, 5.74) is 2.58. The molecule has 1 spiro atoms. The number of aliphatic carboxylic acids is 1. The molecule has 11 heteroatoms. The van der Waals surface area contributed by atoms with Crippen LogP contribution in [0.1, 0.15) is 17.8 Å². The normalized spacial score (nSPS) is 19.8. The second-order valence-corrected chi connectivity index (χ2v) is 8.52. The second kappa shape index (κ2) is 9.74. The van der Waals surface area contributed by atoms with E-state index in [9.17, 15) is 22.0 Å². The van der Waals surface area contributed by atoms with Crippen LogP contribution >= 0.6 is 0 Å². The Morgan fingerprint density at radius 2 is 1.80 bits per heavy atom. The molecule has 3 heterocycles. The fourth-order valence-corrected chi connectivity index (χ4v) is 4.29. The van der Waals surface area contributed by atoms with Gasteiger partial charge < -0.3 is 14.4 Å². The lowest BCUT2D eigenvalue weighted by molar-refractivity contribution is -0.192. The highest BCUT2D eigenvalue weighted by molar-refractivity contribution is 5.73. The quantitative estimate of drug-likeness (QED) is 0.537. The molecule has 186 valence electrons. The van der Waals surface area contributed by atoms with Crippen LogP contribution in [0.25, 0.3) is 11.3 Å². The van der Waals surface area contributed by atoms with Gasteiger partial charge in [0.15, 0.2) is 0 Å². The maximum absolute atomic E-state index is 13.7. The van der Waals surface area contributed by atoms with E-state index in [4.69, 9.17) is 14.6 Å².